The van der Waals surface area contributed by atoms with Crippen LogP contribution in [0, 0.1) is 6.92 Å². The molecular weight excluding hydrogens is 402 g/mol. The van der Waals surface area contributed by atoms with Crippen molar-refractivity contribution in [3.63, 3.8) is 0 Å². The fourth-order valence-electron chi connectivity index (χ4n) is 4.57. The van der Waals surface area contributed by atoms with Crippen LogP contribution in [-0.4, -0.2) is 28.5 Å². The summed E-state index contributed by atoms with van der Waals surface area (Å²) < 4.78 is 0. The quantitative estimate of drug-likeness (QED) is 0.705. The van der Waals surface area contributed by atoms with E-state index in [0.29, 0.717) is 56.5 Å². The first-order valence-electron chi connectivity index (χ1n) is 11.1. The molecular formula is C26H29N3O3. The Hall–Kier alpha value is -3.25. The van der Waals surface area contributed by atoms with Gasteiger partial charge in [-0.1, -0.05) is 42.5 Å². The number of nitrogens with one attached hydrogen (secondary N) is 1. The minimum Gasteiger partial charge on any atom is -0.329 e. The molecule has 32 heavy (non-hydrogen) atoms. The topological polar surface area (TPSA) is 92.5 Å². The zero-order valence-corrected chi connectivity index (χ0v) is 18.4. The van der Waals surface area contributed by atoms with Gasteiger partial charge < -0.3 is 16.0 Å². The Labute approximate surface area is 188 Å². The van der Waals surface area contributed by atoms with E-state index >= 15 is 0 Å². The van der Waals surface area contributed by atoms with Gasteiger partial charge in [0.1, 0.15) is 11.8 Å². The van der Waals surface area contributed by atoms with Gasteiger partial charge >= 0.3 is 0 Å². The lowest BCUT2D eigenvalue weighted by Gasteiger charge is -2.30. The number of nitrogens with two attached hydrogens (primary N) is 1. The van der Waals surface area contributed by atoms with Crippen molar-refractivity contribution in [3.8, 4) is 0 Å². The Bertz CT molecular complexity index is 1110. The van der Waals surface area contributed by atoms with Gasteiger partial charge in [-0.25, -0.2) is 0 Å². The number of benzene rings is 2. The van der Waals surface area contributed by atoms with Gasteiger partial charge in [0.15, 0.2) is 0 Å². The van der Waals surface area contributed by atoms with E-state index in [9.17, 15) is 14.4 Å². The highest BCUT2D eigenvalue weighted by molar-refractivity contribution is 6.01. The van der Waals surface area contributed by atoms with E-state index in [0.717, 1.165) is 27.8 Å². The summed E-state index contributed by atoms with van der Waals surface area (Å²) in [5.74, 6) is -0.104. The molecule has 166 valence electrons. The van der Waals surface area contributed by atoms with E-state index in [1.54, 1.807) is 4.90 Å². The summed E-state index contributed by atoms with van der Waals surface area (Å²) in [6.07, 6.45) is 2.70. The van der Waals surface area contributed by atoms with Gasteiger partial charge in [0.05, 0.1) is 0 Å². The monoisotopic (exact) mass is 431 g/mol. The summed E-state index contributed by atoms with van der Waals surface area (Å²) in [5, 5.41) is 2.76. The molecule has 2 amide bonds. The second-order valence-corrected chi connectivity index (χ2v) is 8.76. The number of aryl methyl sites for hydroxylation is 2. The van der Waals surface area contributed by atoms with Crippen molar-refractivity contribution in [1.82, 2.24) is 10.2 Å². The summed E-state index contributed by atoms with van der Waals surface area (Å²) >= 11 is 0. The SMILES string of the molecule is C=C1CCC(N2Cc3cc(CCC(=O)Cc4cc(C)ccc4CN)ccc3C2=O)C(=O)N1. The normalized spacial score (nSPS) is 18.0. The fourth-order valence-corrected chi connectivity index (χ4v) is 4.57. The predicted molar refractivity (Wildman–Crippen MR) is 123 cm³/mol. The Morgan fingerprint density at radius 1 is 1.19 bits per heavy atom. The van der Waals surface area contributed by atoms with Crippen molar-refractivity contribution in [2.75, 3.05) is 0 Å². The van der Waals surface area contributed by atoms with Crippen LogP contribution >= 0.6 is 0 Å². The number of carbonyl (C=O) groups is 3. The van der Waals surface area contributed by atoms with Crippen molar-refractivity contribution in [2.24, 2.45) is 5.73 Å². The van der Waals surface area contributed by atoms with E-state index in [4.69, 9.17) is 5.73 Å². The molecule has 1 saturated heterocycles. The Morgan fingerprint density at radius 3 is 2.75 bits per heavy atom. The molecule has 3 N–H and O–H groups in total. The van der Waals surface area contributed by atoms with Crippen LogP contribution in [0.1, 0.15) is 57.4 Å². The minimum absolute atomic E-state index is 0.107. The number of allylic oxidation sites excluding steroid dienone is 1. The standard InChI is InChI=1S/C26H29N3O3/c1-16-3-7-19(14-27)20(11-16)13-22(30)8-5-18-6-9-23-21(12-18)15-29(26(23)32)24-10-4-17(2)28-25(24)31/h3,6-7,9,11-12,24H,2,4-5,8,10,13-15,27H2,1H3,(H,28,31). The van der Waals surface area contributed by atoms with Gasteiger partial charge in [0.2, 0.25) is 5.91 Å². The summed E-state index contributed by atoms with van der Waals surface area (Å²) in [5.41, 5.74) is 12.2. The number of piperidine rings is 1. The fraction of sp³-hybridized carbons (Fsp3) is 0.346. The molecule has 2 aliphatic heterocycles. The average molecular weight is 432 g/mol. The molecule has 4 rings (SSSR count). The highest BCUT2D eigenvalue weighted by Crippen LogP contribution is 2.29. The second-order valence-electron chi connectivity index (χ2n) is 8.76. The summed E-state index contributed by atoms with van der Waals surface area (Å²) in [6, 6.07) is 11.3. The van der Waals surface area contributed by atoms with Gasteiger partial charge in [-0.15, -0.1) is 0 Å². The van der Waals surface area contributed by atoms with Crippen LogP contribution in [0.4, 0.5) is 0 Å². The Balaban J connectivity index is 1.39. The molecule has 0 bridgehead atoms. The third kappa shape index (κ3) is 4.50. The molecule has 0 aromatic heterocycles. The van der Waals surface area contributed by atoms with Crippen molar-refractivity contribution < 1.29 is 14.4 Å². The van der Waals surface area contributed by atoms with Crippen molar-refractivity contribution in [2.45, 2.75) is 58.2 Å². The summed E-state index contributed by atoms with van der Waals surface area (Å²) in [4.78, 5) is 39.5. The number of nitrogens with zero attached hydrogens (tertiary/aromatic N) is 1. The van der Waals surface area contributed by atoms with Crippen LogP contribution in [0.5, 0.6) is 0 Å². The highest BCUT2D eigenvalue weighted by atomic mass is 16.2. The number of carbonyl (C=O) groups excluding carboxylic acids is 3. The Morgan fingerprint density at radius 2 is 2.00 bits per heavy atom. The third-order valence-electron chi connectivity index (χ3n) is 6.36. The molecule has 2 aromatic carbocycles. The van der Waals surface area contributed by atoms with E-state index in [-0.39, 0.29) is 17.6 Å². The van der Waals surface area contributed by atoms with Crippen LogP contribution in [0.3, 0.4) is 0 Å². The number of amides is 2. The van der Waals surface area contributed by atoms with Crippen LogP contribution in [0.15, 0.2) is 48.7 Å². The van der Waals surface area contributed by atoms with Crippen molar-refractivity contribution in [1.29, 1.82) is 0 Å². The third-order valence-corrected chi connectivity index (χ3v) is 6.36. The average Bonchev–Trinajstić information content (AvgIpc) is 3.08. The highest BCUT2D eigenvalue weighted by Gasteiger charge is 2.38. The number of Topliss-reactive ketones (excluding diaryl/α,β-unsaturated/α-hetero) is 1. The van der Waals surface area contributed by atoms with Gasteiger partial charge in [0, 0.05) is 37.2 Å². The van der Waals surface area contributed by atoms with Crippen LogP contribution in [0.2, 0.25) is 0 Å². The summed E-state index contributed by atoms with van der Waals surface area (Å²) in [7, 11) is 0. The van der Waals surface area contributed by atoms with Crippen molar-refractivity contribution >= 4 is 17.6 Å². The lowest BCUT2D eigenvalue weighted by molar-refractivity contribution is -0.126. The zero-order chi connectivity index (χ0) is 22.8. The van der Waals surface area contributed by atoms with E-state index in [1.165, 1.54) is 0 Å². The molecule has 2 aromatic rings. The number of ketones is 1. The number of fused-ring (bicyclic) bond motifs is 1. The number of hydrogen-bond acceptors (Lipinski definition) is 4. The molecule has 6 heteroatoms. The first-order valence-corrected chi connectivity index (χ1v) is 11.1. The Kier molecular flexibility index (Phi) is 6.24. The lowest BCUT2D eigenvalue weighted by Crippen LogP contribution is -2.49. The number of hydrogen-bond donors (Lipinski definition) is 2. The zero-order valence-electron chi connectivity index (χ0n) is 18.4. The largest absolute Gasteiger partial charge is 0.329 e. The molecule has 0 radical (unpaired) electrons. The van der Waals surface area contributed by atoms with E-state index < -0.39 is 6.04 Å². The molecule has 1 atom stereocenters. The first-order chi connectivity index (χ1) is 15.4. The van der Waals surface area contributed by atoms with Crippen LogP contribution in [-0.2, 0) is 35.5 Å². The number of rotatable bonds is 7. The minimum atomic E-state index is -0.462. The molecule has 0 spiro atoms. The van der Waals surface area contributed by atoms with Crippen molar-refractivity contribution in [3.05, 3.63) is 82.1 Å². The molecule has 1 unspecified atom stereocenters. The smallest absolute Gasteiger partial charge is 0.255 e. The van der Waals surface area contributed by atoms with Gasteiger partial charge in [0.25, 0.3) is 5.91 Å². The van der Waals surface area contributed by atoms with Gasteiger partial charge in [-0.3, -0.25) is 14.4 Å². The molecule has 6 nitrogen and oxygen atoms in total. The molecule has 0 saturated carbocycles. The maximum absolute atomic E-state index is 12.9. The first kappa shape index (κ1) is 22.0. The predicted octanol–water partition coefficient (Wildman–Crippen LogP) is 2.95. The maximum atomic E-state index is 12.9. The molecule has 2 heterocycles. The lowest BCUT2D eigenvalue weighted by atomic mass is 9.96. The van der Waals surface area contributed by atoms with Crippen LogP contribution in [0.25, 0.3) is 0 Å². The van der Waals surface area contributed by atoms with Crippen LogP contribution < -0.4 is 11.1 Å². The van der Waals surface area contributed by atoms with E-state index in [2.05, 4.69) is 11.9 Å². The molecule has 1 fully saturated rings. The van der Waals surface area contributed by atoms with E-state index in [1.807, 2.05) is 43.3 Å². The van der Waals surface area contributed by atoms with Gasteiger partial charge in [-0.05, 0) is 54.5 Å². The maximum Gasteiger partial charge on any atom is 0.255 e. The summed E-state index contributed by atoms with van der Waals surface area (Å²) in [6.45, 7) is 6.65. The van der Waals surface area contributed by atoms with Gasteiger partial charge in [-0.2, -0.15) is 0 Å². The second kappa shape index (κ2) is 9.09. The molecule has 0 aliphatic carbocycles. The molecule has 2 aliphatic rings.